The van der Waals surface area contributed by atoms with E-state index in [1.807, 2.05) is 6.07 Å². The number of nitrogens with zero attached hydrogens (tertiary/aromatic N) is 1. The first kappa shape index (κ1) is 20.2. The van der Waals surface area contributed by atoms with E-state index in [1.54, 1.807) is 42.5 Å². The number of benzene rings is 2. The number of hydrogen-bond acceptors (Lipinski definition) is 3. The van der Waals surface area contributed by atoms with Crippen molar-refractivity contribution in [3.63, 3.8) is 0 Å². The number of fused-ring (bicyclic) bond motifs is 5. The Balaban J connectivity index is 1.39. The van der Waals surface area contributed by atoms with Gasteiger partial charge >= 0.3 is 0 Å². The van der Waals surface area contributed by atoms with Gasteiger partial charge in [-0.1, -0.05) is 61.7 Å². The molecule has 5 nitrogen and oxygen atoms in total. The minimum Gasteiger partial charge on any atom is -0.321 e. The van der Waals surface area contributed by atoms with Crippen molar-refractivity contribution in [2.45, 2.75) is 16.1 Å². The predicted molar refractivity (Wildman–Crippen MR) is 122 cm³/mol. The van der Waals surface area contributed by atoms with E-state index in [-0.39, 0.29) is 56.1 Å². The Morgan fingerprint density at radius 2 is 1.57 bits per heavy atom. The van der Waals surface area contributed by atoms with Crippen LogP contribution in [0, 0.1) is 23.7 Å². The summed E-state index contributed by atoms with van der Waals surface area (Å²) in [6.45, 7) is 0. The molecule has 1 saturated heterocycles. The Bertz CT molecular complexity index is 1030. The number of nitrogens with one attached hydrogen (secondary N) is 1. The molecule has 2 aromatic carbocycles. The first-order valence-corrected chi connectivity index (χ1v) is 11.9. The molecule has 3 fully saturated rings. The van der Waals surface area contributed by atoms with Crippen LogP contribution in [0.5, 0.6) is 0 Å². The molecule has 0 unspecified atom stereocenters. The van der Waals surface area contributed by atoms with Crippen molar-refractivity contribution in [2.24, 2.45) is 23.7 Å². The zero-order valence-corrected chi connectivity index (χ0v) is 19.5. The fourth-order valence-electron chi connectivity index (χ4n) is 5.13. The molecule has 2 aliphatic carbocycles. The molecule has 0 aromatic heterocycles. The van der Waals surface area contributed by atoms with Crippen molar-refractivity contribution in [1.29, 1.82) is 0 Å². The Hall–Kier alpha value is -1.70. The molecule has 0 radical (unpaired) electrons. The van der Waals surface area contributed by atoms with E-state index < -0.39 is 0 Å². The van der Waals surface area contributed by atoms with Gasteiger partial charge in [-0.3, -0.25) is 14.4 Å². The molecular weight excluding hydrogens is 536 g/mol. The Labute approximate surface area is 195 Å². The van der Waals surface area contributed by atoms with Crippen molar-refractivity contribution < 1.29 is 14.4 Å². The lowest BCUT2D eigenvalue weighted by Crippen LogP contribution is -2.37. The maximum Gasteiger partial charge on any atom is 0.255 e. The molecular formula is C22H17Br2ClN2O3. The average Bonchev–Trinajstić information content (AvgIpc) is 3.35. The summed E-state index contributed by atoms with van der Waals surface area (Å²) in [6.07, 6.45) is 0.887. The summed E-state index contributed by atoms with van der Waals surface area (Å²) in [7, 11) is 0. The molecule has 3 amide bonds. The molecule has 2 bridgehead atoms. The highest BCUT2D eigenvalue weighted by Gasteiger charge is 2.66. The van der Waals surface area contributed by atoms with Crippen LogP contribution in [0.25, 0.3) is 0 Å². The van der Waals surface area contributed by atoms with Crippen LogP contribution in [0.2, 0.25) is 5.02 Å². The second kappa shape index (κ2) is 7.46. The van der Waals surface area contributed by atoms with E-state index in [9.17, 15) is 14.4 Å². The fraction of sp³-hybridized carbons (Fsp3) is 0.318. The highest BCUT2D eigenvalue weighted by Crippen LogP contribution is 2.60. The maximum absolute atomic E-state index is 13.2. The monoisotopic (exact) mass is 550 g/mol. The minimum atomic E-state index is -0.281. The summed E-state index contributed by atoms with van der Waals surface area (Å²) in [6, 6.07) is 13.7. The molecule has 30 heavy (non-hydrogen) atoms. The van der Waals surface area contributed by atoms with Crippen LogP contribution < -0.4 is 10.2 Å². The normalized spacial score (nSPS) is 31.9. The van der Waals surface area contributed by atoms with Gasteiger partial charge in [-0.15, -0.1) is 0 Å². The topological polar surface area (TPSA) is 66.5 Å². The predicted octanol–water partition coefficient (Wildman–Crippen LogP) is 4.87. The number of alkyl halides is 2. The van der Waals surface area contributed by atoms with E-state index in [4.69, 9.17) is 11.6 Å². The van der Waals surface area contributed by atoms with Gasteiger partial charge in [0.2, 0.25) is 11.8 Å². The molecule has 2 aromatic rings. The number of anilines is 2. The quantitative estimate of drug-likeness (QED) is 0.436. The number of hydrogen-bond donors (Lipinski definition) is 1. The highest BCUT2D eigenvalue weighted by molar-refractivity contribution is 9.12. The van der Waals surface area contributed by atoms with Crippen LogP contribution in [0.4, 0.5) is 11.4 Å². The van der Waals surface area contributed by atoms with Crippen molar-refractivity contribution in [3.8, 4) is 0 Å². The Morgan fingerprint density at radius 1 is 0.967 bits per heavy atom. The van der Waals surface area contributed by atoms with Crippen LogP contribution in [-0.2, 0) is 9.59 Å². The summed E-state index contributed by atoms with van der Waals surface area (Å²) >= 11 is 13.8. The molecule has 5 rings (SSSR count). The number of amides is 3. The summed E-state index contributed by atoms with van der Waals surface area (Å²) in [5.41, 5.74) is 1.38. The molecule has 3 aliphatic rings. The SMILES string of the molecule is O=C(Nc1ccc(N2C(=O)[C@@H]3[C@H]4C[C@H]([C@H](Br)[C@@H]4Br)[C@@H]3C2=O)cc1Cl)c1ccccc1. The number of carbonyl (C=O) groups excluding carboxylic acids is 3. The number of halogens is 3. The zero-order chi connectivity index (χ0) is 21.2. The van der Waals surface area contributed by atoms with E-state index in [0.717, 1.165) is 6.42 Å². The van der Waals surface area contributed by atoms with Gasteiger partial charge in [-0.05, 0) is 48.6 Å². The second-order valence-electron chi connectivity index (χ2n) is 8.00. The largest absolute Gasteiger partial charge is 0.321 e. The standard InChI is InChI=1S/C22H17Br2ClN2O3/c23-18-12-9-13(19(18)24)17-16(12)21(29)27(22(17)30)11-6-7-15(14(25)8-11)26-20(28)10-4-2-1-3-5-10/h1-8,12-13,16-19H,9H2,(H,26,28)/t12-,13+,16-,17+,18-,19+. The van der Waals surface area contributed by atoms with Gasteiger partial charge in [0.15, 0.2) is 0 Å². The second-order valence-corrected chi connectivity index (χ2v) is 10.5. The molecule has 2 saturated carbocycles. The number of imide groups is 1. The van der Waals surface area contributed by atoms with Gasteiger partial charge in [-0.25, -0.2) is 4.90 Å². The van der Waals surface area contributed by atoms with Crippen molar-refractivity contribution in [2.75, 3.05) is 10.2 Å². The van der Waals surface area contributed by atoms with Gasteiger partial charge in [0.05, 0.1) is 28.2 Å². The van der Waals surface area contributed by atoms with Gasteiger partial charge in [0.1, 0.15) is 0 Å². The van der Waals surface area contributed by atoms with Crippen LogP contribution >= 0.6 is 43.5 Å². The highest BCUT2D eigenvalue weighted by atomic mass is 79.9. The molecule has 6 atom stereocenters. The van der Waals surface area contributed by atoms with E-state index in [1.165, 1.54) is 4.90 Å². The third-order valence-corrected chi connectivity index (χ3v) is 10.0. The van der Waals surface area contributed by atoms with E-state index >= 15 is 0 Å². The summed E-state index contributed by atoms with van der Waals surface area (Å²) < 4.78 is 0. The maximum atomic E-state index is 13.2. The first-order valence-electron chi connectivity index (χ1n) is 9.70. The van der Waals surface area contributed by atoms with Crippen molar-refractivity contribution in [3.05, 3.63) is 59.1 Å². The third kappa shape index (κ3) is 2.97. The first-order chi connectivity index (χ1) is 14.4. The van der Waals surface area contributed by atoms with E-state index in [0.29, 0.717) is 16.9 Å². The summed E-state index contributed by atoms with van der Waals surface area (Å²) in [5, 5.41) is 3.04. The summed E-state index contributed by atoms with van der Waals surface area (Å²) in [5.74, 6) is -0.835. The molecule has 1 N–H and O–H groups in total. The smallest absolute Gasteiger partial charge is 0.255 e. The molecule has 154 valence electrons. The summed E-state index contributed by atoms with van der Waals surface area (Å²) in [4.78, 5) is 40.4. The Kier molecular flexibility index (Phi) is 5.03. The number of carbonyl (C=O) groups is 3. The van der Waals surface area contributed by atoms with Crippen LogP contribution in [-0.4, -0.2) is 27.4 Å². The lowest BCUT2D eigenvalue weighted by Gasteiger charge is -2.28. The van der Waals surface area contributed by atoms with Gasteiger partial charge in [0.25, 0.3) is 5.91 Å². The van der Waals surface area contributed by atoms with Crippen molar-refractivity contribution >= 4 is 72.6 Å². The van der Waals surface area contributed by atoms with Crippen LogP contribution in [0.15, 0.2) is 48.5 Å². The van der Waals surface area contributed by atoms with Crippen LogP contribution in [0.3, 0.4) is 0 Å². The molecule has 0 spiro atoms. The van der Waals surface area contributed by atoms with Gasteiger partial charge in [0, 0.05) is 15.2 Å². The van der Waals surface area contributed by atoms with Crippen LogP contribution in [0.1, 0.15) is 16.8 Å². The third-order valence-electron chi connectivity index (χ3n) is 6.48. The van der Waals surface area contributed by atoms with Crippen molar-refractivity contribution in [1.82, 2.24) is 0 Å². The lowest BCUT2D eigenvalue weighted by molar-refractivity contribution is -0.123. The van der Waals surface area contributed by atoms with E-state index in [2.05, 4.69) is 37.2 Å². The lowest BCUT2D eigenvalue weighted by atomic mass is 9.81. The average molecular weight is 553 g/mol. The molecule has 1 heterocycles. The fourth-order valence-corrected chi connectivity index (χ4v) is 7.23. The molecule has 1 aliphatic heterocycles. The molecule has 8 heteroatoms. The zero-order valence-electron chi connectivity index (χ0n) is 15.6. The van der Waals surface area contributed by atoms with Gasteiger partial charge < -0.3 is 5.32 Å². The minimum absolute atomic E-state index is 0.154. The van der Waals surface area contributed by atoms with Gasteiger partial charge in [-0.2, -0.15) is 0 Å². The number of rotatable bonds is 3. The Morgan fingerprint density at radius 3 is 2.13 bits per heavy atom.